The lowest BCUT2D eigenvalue weighted by Crippen LogP contribution is -2.15. The van der Waals surface area contributed by atoms with Gasteiger partial charge in [-0.05, 0) is 35.3 Å². The Bertz CT molecular complexity index is 323. The van der Waals surface area contributed by atoms with Gasteiger partial charge in [0.25, 0.3) is 0 Å². The van der Waals surface area contributed by atoms with Gasteiger partial charge in [-0.15, -0.1) is 0 Å². The Balaban J connectivity index is 2.21. The molecule has 4 heteroatoms. The molecular weight excluding hydrogens is 242 g/mol. The van der Waals surface area contributed by atoms with Crippen molar-refractivity contribution in [1.29, 1.82) is 0 Å². The predicted octanol–water partition coefficient (Wildman–Crippen LogP) is 2.01. The van der Waals surface area contributed by atoms with Crippen molar-refractivity contribution in [3.63, 3.8) is 0 Å². The minimum absolute atomic E-state index is 0.597. The number of nitrogens with zero attached hydrogens (tertiary/aromatic N) is 2. The van der Waals surface area contributed by atoms with Gasteiger partial charge in [-0.3, -0.25) is 0 Å². The van der Waals surface area contributed by atoms with E-state index in [1.807, 2.05) is 6.20 Å². The molecule has 1 aromatic heterocycles. The first-order valence-electron chi connectivity index (χ1n) is 5.02. The van der Waals surface area contributed by atoms with Crippen LogP contribution in [0.2, 0.25) is 0 Å². The summed E-state index contributed by atoms with van der Waals surface area (Å²) >= 11 is 3.44. The maximum Gasteiger partial charge on any atom is 0.131 e. The average Bonchev–Trinajstić information content (AvgIpc) is 2.08. The Morgan fingerprint density at radius 1 is 1.50 bits per heavy atom. The molecule has 1 fully saturated rings. The number of rotatable bonds is 3. The molecule has 0 atom stereocenters. The minimum Gasteiger partial charge on any atom is -0.330 e. The van der Waals surface area contributed by atoms with Crippen molar-refractivity contribution in [1.82, 2.24) is 9.97 Å². The van der Waals surface area contributed by atoms with Crippen LogP contribution in [0.3, 0.4) is 0 Å². The molecule has 1 saturated carbocycles. The van der Waals surface area contributed by atoms with Crippen LogP contribution in [0.15, 0.2) is 10.7 Å². The van der Waals surface area contributed by atoms with E-state index in [1.54, 1.807) is 0 Å². The van der Waals surface area contributed by atoms with Gasteiger partial charge >= 0.3 is 0 Å². The predicted molar refractivity (Wildman–Crippen MR) is 59.1 cm³/mol. The second kappa shape index (κ2) is 4.36. The highest BCUT2D eigenvalue weighted by molar-refractivity contribution is 9.10. The zero-order chi connectivity index (χ0) is 9.97. The highest BCUT2D eigenvalue weighted by Crippen LogP contribution is 2.34. The number of hydrogen-bond donors (Lipinski definition) is 1. The number of hydrogen-bond acceptors (Lipinski definition) is 3. The summed E-state index contributed by atoms with van der Waals surface area (Å²) in [5.41, 5.74) is 6.57. The van der Waals surface area contributed by atoms with Crippen molar-refractivity contribution in [2.75, 3.05) is 6.54 Å². The normalized spacial score (nSPS) is 16.7. The van der Waals surface area contributed by atoms with Crippen LogP contribution in [-0.2, 0) is 6.42 Å². The summed E-state index contributed by atoms with van der Waals surface area (Å²) < 4.78 is 0.978. The molecule has 1 aliphatic rings. The quantitative estimate of drug-likeness (QED) is 0.899. The van der Waals surface area contributed by atoms with Crippen LogP contribution >= 0.6 is 15.9 Å². The summed E-state index contributed by atoms with van der Waals surface area (Å²) in [5.74, 6) is 1.60. The Hall–Kier alpha value is -0.480. The average molecular weight is 256 g/mol. The molecule has 0 aromatic carbocycles. The first-order chi connectivity index (χ1) is 6.81. The molecule has 1 aromatic rings. The topological polar surface area (TPSA) is 51.8 Å². The van der Waals surface area contributed by atoms with Gasteiger partial charge in [-0.25, -0.2) is 9.97 Å². The monoisotopic (exact) mass is 255 g/mol. The molecule has 0 unspecified atom stereocenters. The van der Waals surface area contributed by atoms with Gasteiger partial charge in [-0.2, -0.15) is 0 Å². The highest BCUT2D eigenvalue weighted by Gasteiger charge is 2.22. The summed E-state index contributed by atoms with van der Waals surface area (Å²) in [6.45, 7) is 0.639. The fourth-order valence-corrected chi connectivity index (χ4v) is 1.98. The summed E-state index contributed by atoms with van der Waals surface area (Å²) in [6.07, 6.45) is 6.47. The van der Waals surface area contributed by atoms with Crippen LogP contribution in [0.25, 0.3) is 0 Å². The largest absolute Gasteiger partial charge is 0.330 e. The van der Waals surface area contributed by atoms with Crippen LogP contribution in [0.4, 0.5) is 0 Å². The molecule has 0 aliphatic heterocycles. The Morgan fingerprint density at radius 2 is 2.29 bits per heavy atom. The van der Waals surface area contributed by atoms with Crippen LogP contribution < -0.4 is 5.73 Å². The lowest BCUT2D eigenvalue weighted by Gasteiger charge is -2.24. The maximum absolute atomic E-state index is 5.52. The summed E-state index contributed by atoms with van der Waals surface area (Å²) in [4.78, 5) is 8.89. The van der Waals surface area contributed by atoms with E-state index in [0.717, 1.165) is 22.4 Å². The molecule has 0 bridgehead atoms. The molecular formula is C10H14BrN3. The SMILES string of the molecule is NCCc1nc(C2CCC2)ncc1Br. The van der Waals surface area contributed by atoms with Crippen LogP contribution in [-0.4, -0.2) is 16.5 Å². The van der Waals surface area contributed by atoms with Crippen molar-refractivity contribution in [3.05, 3.63) is 22.2 Å². The third kappa shape index (κ3) is 1.96. The molecule has 0 saturated heterocycles. The Kier molecular flexibility index (Phi) is 3.13. The first-order valence-corrected chi connectivity index (χ1v) is 5.82. The third-order valence-electron chi connectivity index (χ3n) is 2.69. The molecule has 1 heterocycles. The van der Waals surface area contributed by atoms with Gasteiger partial charge in [0, 0.05) is 18.5 Å². The van der Waals surface area contributed by atoms with E-state index in [1.165, 1.54) is 19.3 Å². The van der Waals surface area contributed by atoms with E-state index < -0.39 is 0 Å². The zero-order valence-corrected chi connectivity index (χ0v) is 9.63. The van der Waals surface area contributed by atoms with Gasteiger partial charge in [-0.1, -0.05) is 6.42 Å². The molecule has 3 nitrogen and oxygen atoms in total. The van der Waals surface area contributed by atoms with Crippen LogP contribution in [0.1, 0.15) is 36.7 Å². The number of halogens is 1. The fraction of sp³-hybridized carbons (Fsp3) is 0.600. The second-order valence-corrected chi connectivity index (χ2v) is 4.54. The van der Waals surface area contributed by atoms with Gasteiger partial charge < -0.3 is 5.73 Å². The van der Waals surface area contributed by atoms with E-state index in [-0.39, 0.29) is 0 Å². The highest BCUT2D eigenvalue weighted by atomic mass is 79.9. The van der Waals surface area contributed by atoms with Crippen LogP contribution in [0.5, 0.6) is 0 Å². The van der Waals surface area contributed by atoms with Gasteiger partial charge in [0.05, 0.1) is 10.2 Å². The van der Waals surface area contributed by atoms with E-state index in [0.29, 0.717) is 12.5 Å². The van der Waals surface area contributed by atoms with E-state index in [4.69, 9.17) is 5.73 Å². The van der Waals surface area contributed by atoms with E-state index in [2.05, 4.69) is 25.9 Å². The van der Waals surface area contributed by atoms with Crippen molar-refractivity contribution in [3.8, 4) is 0 Å². The van der Waals surface area contributed by atoms with Crippen molar-refractivity contribution < 1.29 is 0 Å². The standard InChI is InChI=1S/C10H14BrN3/c11-8-6-13-10(7-2-1-3-7)14-9(8)4-5-12/h6-7H,1-5,12H2. The summed E-state index contributed by atoms with van der Waals surface area (Å²) in [6, 6.07) is 0. The second-order valence-electron chi connectivity index (χ2n) is 3.69. The van der Waals surface area contributed by atoms with E-state index >= 15 is 0 Å². The maximum atomic E-state index is 5.52. The van der Waals surface area contributed by atoms with Crippen molar-refractivity contribution in [2.24, 2.45) is 5.73 Å². The van der Waals surface area contributed by atoms with Gasteiger partial charge in [0.15, 0.2) is 0 Å². The third-order valence-corrected chi connectivity index (χ3v) is 3.35. The molecule has 76 valence electrons. The minimum atomic E-state index is 0.597. The number of aromatic nitrogens is 2. The molecule has 0 spiro atoms. The molecule has 0 radical (unpaired) electrons. The molecule has 14 heavy (non-hydrogen) atoms. The van der Waals surface area contributed by atoms with E-state index in [9.17, 15) is 0 Å². The van der Waals surface area contributed by atoms with Crippen molar-refractivity contribution in [2.45, 2.75) is 31.6 Å². The molecule has 2 rings (SSSR count). The number of nitrogens with two attached hydrogens (primary N) is 1. The van der Waals surface area contributed by atoms with Crippen molar-refractivity contribution >= 4 is 15.9 Å². The molecule has 0 amide bonds. The zero-order valence-electron chi connectivity index (χ0n) is 8.04. The lowest BCUT2D eigenvalue weighted by molar-refractivity contribution is 0.400. The first kappa shape index (κ1) is 10.1. The van der Waals surface area contributed by atoms with Gasteiger partial charge in [0.2, 0.25) is 0 Å². The summed E-state index contributed by atoms with van der Waals surface area (Å²) in [7, 11) is 0. The lowest BCUT2D eigenvalue weighted by atomic mass is 9.85. The summed E-state index contributed by atoms with van der Waals surface area (Å²) in [5, 5.41) is 0. The smallest absolute Gasteiger partial charge is 0.131 e. The molecule has 2 N–H and O–H groups in total. The Morgan fingerprint density at radius 3 is 2.86 bits per heavy atom. The molecule has 1 aliphatic carbocycles. The Labute approximate surface area is 92.3 Å². The van der Waals surface area contributed by atoms with Crippen LogP contribution in [0, 0.1) is 0 Å². The fourth-order valence-electron chi connectivity index (χ4n) is 1.59. The van der Waals surface area contributed by atoms with Gasteiger partial charge in [0.1, 0.15) is 5.82 Å².